The fourth-order valence-electron chi connectivity index (χ4n) is 5.41. The third kappa shape index (κ3) is 9.72. The molecule has 0 aliphatic heterocycles. The number of halogens is 4. The van der Waals surface area contributed by atoms with Gasteiger partial charge in [0.05, 0.1) is 5.54 Å². The monoisotopic (exact) mass is 721 g/mol. The molecule has 0 bridgehead atoms. The average molecular weight is 722 g/mol. The van der Waals surface area contributed by atoms with Gasteiger partial charge in [-0.2, -0.15) is 28.1 Å². The molecule has 2 fully saturated rings. The van der Waals surface area contributed by atoms with Crippen LogP contribution in [0, 0.1) is 12.3 Å². The number of rotatable bonds is 15. The van der Waals surface area contributed by atoms with Crippen molar-refractivity contribution in [2.45, 2.75) is 50.7 Å². The van der Waals surface area contributed by atoms with Gasteiger partial charge in [-0.05, 0) is 80.1 Å². The minimum atomic E-state index is -4.60. The second-order valence-corrected chi connectivity index (χ2v) is 13.5. The number of aryl methyl sites for hydroxylation is 1. The van der Waals surface area contributed by atoms with E-state index in [1.165, 1.54) is 0 Å². The van der Waals surface area contributed by atoms with Crippen molar-refractivity contribution in [2.24, 2.45) is 5.41 Å². The number of Topliss-reactive ketones (excluding diaryl/α,β-unsaturated/α-hetero) is 1. The standard InChI is InChI=1S/C36H35ClF3N7O4/c1-22-2-4-23(5-3-22)18-28(48)30(50)42-20-34(14-15-34)19-41-29(49)24-6-12-27(13-7-24)43-31-44-32(46-33(45-31)51-21-36(38,39)40)47-35(16-17-35)25-8-10-26(37)11-9-25/h2-13H,14-21H2,1H3,(H,41,49)(H,42,50)(H2,43,44,45,46,47). The second-order valence-electron chi connectivity index (χ2n) is 13.0. The second kappa shape index (κ2) is 14.5. The zero-order chi connectivity index (χ0) is 36.2. The lowest BCUT2D eigenvalue weighted by Gasteiger charge is -2.19. The number of aromatic nitrogens is 3. The number of alkyl halides is 3. The van der Waals surface area contributed by atoms with Crippen molar-refractivity contribution in [3.8, 4) is 6.01 Å². The third-order valence-electron chi connectivity index (χ3n) is 8.82. The van der Waals surface area contributed by atoms with Crippen LogP contribution in [-0.2, 0) is 21.5 Å². The molecule has 4 N–H and O–H groups in total. The molecule has 1 aromatic heterocycles. The maximum Gasteiger partial charge on any atom is 0.422 e. The van der Waals surface area contributed by atoms with Crippen LogP contribution in [0.15, 0.2) is 72.8 Å². The summed E-state index contributed by atoms with van der Waals surface area (Å²) < 4.78 is 43.6. The molecule has 11 nitrogen and oxygen atoms in total. The molecule has 2 aliphatic rings. The van der Waals surface area contributed by atoms with E-state index in [-0.39, 0.29) is 36.2 Å². The molecule has 0 unspecified atom stereocenters. The predicted molar refractivity (Wildman–Crippen MR) is 184 cm³/mol. The van der Waals surface area contributed by atoms with Crippen LogP contribution < -0.4 is 26.0 Å². The molecule has 2 saturated carbocycles. The molecule has 2 amide bonds. The summed E-state index contributed by atoms with van der Waals surface area (Å²) in [5.41, 5.74) is 2.75. The SMILES string of the molecule is Cc1ccc(CC(=O)C(=O)NCC2(CNC(=O)c3ccc(Nc4nc(NC5(c6ccc(Cl)cc6)CC5)nc(OCC(F)(F)F)n4)cc3)CC2)cc1. The van der Waals surface area contributed by atoms with Gasteiger partial charge in [-0.15, -0.1) is 0 Å². The Labute approximate surface area is 296 Å². The predicted octanol–water partition coefficient (Wildman–Crippen LogP) is 6.06. The Morgan fingerprint density at radius 1 is 0.824 bits per heavy atom. The molecule has 1 heterocycles. The molecular formula is C36H35ClF3N7O4. The van der Waals surface area contributed by atoms with E-state index >= 15 is 0 Å². The van der Waals surface area contributed by atoms with Crippen molar-refractivity contribution < 1.29 is 32.3 Å². The molecule has 266 valence electrons. The fourth-order valence-corrected chi connectivity index (χ4v) is 5.53. The number of carbonyl (C=O) groups is 3. The van der Waals surface area contributed by atoms with Crippen LogP contribution in [-0.4, -0.2) is 58.4 Å². The lowest BCUT2D eigenvalue weighted by Crippen LogP contribution is -2.40. The molecule has 0 radical (unpaired) electrons. The number of nitrogens with zero attached hydrogens (tertiary/aromatic N) is 3. The van der Waals surface area contributed by atoms with Crippen LogP contribution >= 0.6 is 11.6 Å². The summed E-state index contributed by atoms with van der Waals surface area (Å²) in [5.74, 6) is -1.55. The molecule has 4 aromatic rings. The zero-order valence-electron chi connectivity index (χ0n) is 27.6. The summed E-state index contributed by atoms with van der Waals surface area (Å²) >= 11 is 6.03. The van der Waals surface area contributed by atoms with Crippen LogP contribution in [0.2, 0.25) is 5.02 Å². The van der Waals surface area contributed by atoms with E-state index < -0.39 is 36.0 Å². The van der Waals surface area contributed by atoms with Crippen molar-refractivity contribution in [1.29, 1.82) is 0 Å². The van der Waals surface area contributed by atoms with Gasteiger partial charge in [0.1, 0.15) is 0 Å². The Morgan fingerprint density at radius 2 is 1.47 bits per heavy atom. The van der Waals surface area contributed by atoms with Gasteiger partial charge in [-0.1, -0.05) is 53.6 Å². The van der Waals surface area contributed by atoms with E-state index in [0.717, 1.165) is 42.4 Å². The van der Waals surface area contributed by atoms with Crippen LogP contribution in [0.1, 0.15) is 52.7 Å². The van der Waals surface area contributed by atoms with Gasteiger partial charge < -0.3 is 26.0 Å². The highest BCUT2D eigenvalue weighted by molar-refractivity contribution is 6.36. The fraction of sp³-hybridized carbons (Fsp3) is 0.333. The average Bonchev–Trinajstić information content (AvgIpc) is 4.04. The van der Waals surface area contributed by atoms with E-state index in [1.54, 1.807) is 36.4 Å². The number of nitrogens with one attached hydrogen (secondary N) is 4. The Kier molecular flexibility index (Phi) is 10.1. The molecular weight excluding hydrogens is 687 g/mol. The molecule has 51 heavy (non-hydrogen) atoms. The molecule has 2 aliphatic carbocycles. The zero-order valence-corrected chi connectivity index (χ0v) is 28.3. The lowest BCUT2D eigenvalue weighted by atomic mass is 10.1. The molecule has 3 aromatic carbocycles. The largest absolute Gasteiger partial charge is 0.454 e. The summed E-state index contributed by atoms with van der Waals surface area (Å²) in [6.45, 7) is 0.950. The molecule has 0 spiro atoms. The maximum atomic E-state index is 12.9. The number of anilines is 3. The van der Waals surface area contributed by atoms with Crippen molar-refractivity contribution in [2.75, 3.05) is 30.3 Å². The number of hydrogen-bond acceptors (Lipinski definition) is 9. The number of benzene rings is 3. The molecule has 0 atom stereocenters. The number of hydrogen-bond donors (Lipinski definition) is 4. The van der Waals surface area contributed by atoms with Gasteiger partial charge in [0.2, 0.25) is 17.7 Å². The molecule has 15 heteroatoms. The minimum Gasteiger partial charge on any atom is -0.454 e. The van der Waals surface area contributed by atoms with E-state index in [9.17, 15) is 27.6 Å². The highest BCUT2D eigenvalue weighted by Crippen LogP contribution is 2.48. The van der Waals surface area contributed by atoms with Gasteiger partial charge in [0.15, 0.2) is 6.61 Å². The van der Waals surface area contributed by atoms with E-state index in [0.29, 0.717) is 22.8 Å². The Balaban J connectivity index is 1.04. The molecule has 0 saturated heterocycles. The van der Waals surface area contributed by atoms with Gasteiger partial charge in [0.25, 0.3) is 11.8 Å². The Morgan fingerprint density at radius 3 is 2.10 bits per heavy atom. The van der Waals surface area contributed by atoms with Gasteiger partial charge in [-0.25, -0.2) is 0 Å². The summed E-state index contributed by atoms with van der Waals surface area (Å²) in [6.07, 6.45) is -1.50. The van der Waals surface area contributed by atoms with Gasteiger partial charge in [-0.3, -0.25) is 14.4 Å². The van der Waals surface area contributed by atoms with Crippen LogP contribution in [0.25, 0.3) is 0 Å². The van der Waals surface area contributed by atoms with E-state index in [1.807, 2.05) is 43.3 Å². The van der Waals surface area contributed by atoms with E-state index in [4.69, 9.17) is 16.3 Å². The number of carbonyl (C=O) groups excluding carboxylic acids is 3. The van der Waals surface area contributed by atoms with E-state index in [2.05, 4.69) is 36.2 Å². The van der Waals surface area contributed by atoms with Crippen LogP contribution in [0.4, 0.5) is 30.8 Å². The topological polar surface area (TPSA) is 147 Å². The molecule has 6 rings (SSSR count). The van der Waals surface area contributed by atoms with Gasteiger partial charge >= 0.3 is 12.2 Å². The van der Waals surface area contributed by atoms with Crippen molar-refractivity contribution in [1.82, 2.24) is 25.6 Å². The normalized spacial score (nSPS) is 15.3. The first-order valence-corrected chi connectivity index (χ1v) is 16.7. The summed E-state index contributed by atoms with van der Waals surface area (Å²) in [7, 11) is 0. The van der Waals surface area contributed by atoms with Crippen molar-refractivity contribution in [3.63, 3.8) is 0 Å². The summed E-state index contributed by atoms with van der Waals surface area (Å²) in [5, 5.41) is 12.4. The quantitative estimate of drug-likeness (QED) is 0.108. The highest BCUT2D eigenvalue weighted by atomic mass is 35.5. The number of ether oxygens (including phenoxy) is 1. The smallest absolute Gasteiger partial charge is 0.422 e. The van der Waals surface area contributed by atoms with Crippen molar-refractivity contribution in [3.05, 3.63) is 100 Å². The number of amides is 2. The Bertz CT molecular complexity index is 1900. The number of ketones is 1. The third-order valence-corrected chi connectivity index (χ3v) is 9.08. The summed E-state index contributed by atoms with van der Waals surface area (Å²) in [6, 6.07) is 20.5. The maximum absolute atomic E-state index is 12.9. The first-order valence-electron chi connectivity index (χ1n) is 16.3. The van der Waals surface area contributed by atoms with Gasteiger partial charge in [0, 0.05) is 41.2 Å². The minimum absolute atomic E-state index is 0.0179. The van der Waals surface area contributed by atoms with Crippen LogP contribution in [0.3, 0.4) is 0 Å². The first kappa shape index (κ1) is 35.6. The van der Waals surface area contributed by atoms with Crippen molar-refractivity contribution >= 4 is 46.8 Å². The van der Waals surface area contributed by atoms with Crippen LogP contribution in [0.5, 0.6) is 6.01 Å². The highest BCUT2D eigenvalue weighted by Gasteiger charge is 2.45. The first-order chi connectivity index (χ1) is 24.3. The summed E-state index contributed by atoms with van der Waals surface area (Å²) in [4.78, 5) is 50.2. The Hall–Kier alpha value is -5.24. The lowest BCUT2D eigenvalue weighted by molar-refractivity contribution is -0.154.